The fourth-order valence-electron chi connectivity index (χ4n) is 3.95. The highest BCUT2D eigenvalue weighted by Crippen LogP contribution is 2.35. The van der Waals surface area contributed by atoms with Crippen LogP contribution in [0.1, 0.15) is 53.9 Å². The SMILES string of the molecule is CCCCOC(=O)c1cccc(NC(=O)Cn2cnc3sc4c(c3c2=O)CCC(C)C4)c1. The van der Waals surface area contributed by atoms with Crippen molar-refractivity contribution >= 4 is 39.1 Å². The summed E-state index contributed by atoms with van der Waals surface area (Å²) in [5.41, 5.74) is 1.78. The summed E-state index contributed by atoms with van der Waals surface area (Å²) >= 11 is 1.59. The lowest BCUT2D eigenvalue weighted by atomic mass is 9.89. The number of thiophene rings is 1. The van der Waals surface area contributed by atoms with Gasteiger partial charge in [0.15, 0.2) is 0 Å². The molecule has 0 bridgehead atoms. The molecule has 8 heteroatoms. The first-order valence-corrected chi connectivity index (χ1v) is 11.8. The molecule has 1 N–H and O–H groups in total. The number of carbonyl (C=O) groups excluding carboxylic acids is 2. The molecule has 7 nitrogen and oxygen atoms in total. The summed E-state index contributed by atoms with van der Waals surface area (Å²) in [6.45, 7) is 4.48. The number of anilines is 1. The number of amides is 1. The van der Waals surface area contributed by atoms with Gasteiger partial charge in [0.1, 0.15) is 11.4 Å². The first-order chi connectivity index (χ1) is 15.5. The van der Waals surface area contributed by atoms with Gasteiger partial charge in [-0.25, -0.2) is 9.78 Å². The zero-order valence-corrected chi connectivity index (χ0v) is 19.2. The molecule has 1 amide bonds. The maximum absolute atomic E-state index is 13.1. The third-order valence-corrected chi connectivity index (χ3v) is 6.87. The highest BCUT2D eigenvalue weighted by Gasteiger charge is 2.23. The topological polar surface area (TPSA) is 90.3 Å². The summed E-state index contributed by atoms with van der Waals surface area (Å²) in [7, 11) is 0. The van der Waals surface area contributed by atoms with E-state index < -0.39 is 5.97 Å². The third-order valence-electron chi connectivity index (χ3n) is 5.71. The molecule has 1 atom stereocenters. The van der Waals surface area contributed by atoms with Crippen molar-refractivity contribution < 1.29 is 14.3 Å². The molecular weight excluding hydrogens is 426 g/mol. The number of hydrogen-bond acceptors (Lipinski definition) is 6. The van der Waals surface area contributed by atoms with E-state index in [9.17, 15) is 14.4 Å². The second kappa shape index (κ2) is 9.65. The van der Waals surface area contributed by atoms with E-state index in [0.29, 0.717) is 29.2 Å². The fourth-order valence-corrected chi connectivity index (χ4v) is 5.29. The Balaban J connectivity index is 1.48. The van der Waals surface area contributed by atoms with Crippen LogP contribution in [0.4, 0.5) is 5.69 Å². The number of benzene rings is 1. The van der Waals surface area contributed by atoms with Gasteiger partial charge in [-0.15, -0.1) is 11.3 Å². The zero-order chi connectivity index (χ0) is 22.7. The summed E-state index contributed by atoms with van der Waals surface area (Å²) in [4.78, 5) is 44.3. The number of nitrogens with one attached hydrogen (secondary N) is 1. The molecule has 1 aliphatic rings. The standard InChI is InChI=1S/C24H27N3O4S/c1-3-4-10-31-24(30)16-6-5-7-17(12-16)26-20(28)13-27-14-25-22-21(23(27)29)18-9-8-15(2)11-19(18)32-22/h5-7,12,14-15H,3-4,8-11,13H2,1-2H3,(H,26,28). The molecule has 168 valence electrons. The Hall–Kier alpha value is -3.00. The van der Waals surface area contributed by atoms with Gasteiger partial charge in [-0.2, -0.15) is 0 Å². The van der Waals surface area contributed by atoms with Crippen LogP contribution in [-0.4, -0.2) is 28.0 Å². The van der Waals surface area contributed by atoms with Crippen LogP contribution in [0.15, 0.2) is 35.4 Å². The zero-order valence-electron chi connectivity index (χ0n) is 18.3. The van der Waals surface area contributed by atoms with Crippen LogP contribution in [0.3, 0.4) is 0 Å². The second-order valence-corrected chi connectivity index (χ2v) is 9.41. The first-order valence-electron chi connectivity index (χ1n) is 11.0. The van der Waals surface area contributed by atoms with E-state index in [2.05, 4.69) is 17.2 Å². The Morgan fingerprint density at radius 1 is 1.34 bits per heavy atom. The van der Waals surface area contributed by atoms with Crippen molar-refractivity contribution in [2.75, 3.05) is 11.9 Å². The monoisotopic (exact) mass is 453 g/mol. The average Bonchev–Trinajstić information content (AvgIpc) is 3.14. The predicted molar refractivity (Wildman–Crippen MR) is 125 cm³/mol. The van der Waals surface area contributed by atoms with Crippen LogP contribution >= 0.6 is 11.3 Å². The van der Waals surface area contributed by atoms with E-state index in [-0.39, 0.29) is 18.0 Å². The van der Waals surface area contributed by atoms with Gasteiger partial charge >= 0.3 is 5.97 Å². The maximum atomic E-state index is 13.1. The van der Waals surface area contributed by atoms with Crippen molar-refractivity contribution in [1.82, 2.24) is 9.55 Å². The summed E-state index contributed by atoms with van der Waals surface area (Å²) < 4.78 is 6.57. The minimum absolute atomic E-state index is 0.145. The molecule has 0 aliphatic heterocycles. The largest absolute Gasteiger partial charge is 0.462 e. The lowest BCUT2D eigenvalue weighted by Gasteiger charge is -2.17. The molecule has 0 radical (unpaired) electrons. The highest BCUT2D eigenvalue weighted by atomic mass is 32.1. The number of aromatic nitrogens is 2. The molecule has 0 spiro atoms. The average molecular weight is 454 g/mol. The molecule has 1 aromatic carbocycles. The van der Waals surface area contributed by atoms with Gasteiger partial charge in [-0.1, -0.05) is 26.3 Å². The van der Waals surface area contributed by atoms with Crippen molar-refractivity contribution in [3.8, 4) is 0 Å². The van der Waals surface area contributed by atoms with Crippen LogP contribution in [0.5, 0.6) is 0 Å². The van der Waals surface area contributed by atoms with Crippen LogP contribution in [0, 0.1) is 5.92 Å². The Morgan fingerprint density at radius 2 is 2.19 bits per heavy atom. The van der Waals surface area contributed by atoms with Crippen molar-refractivity contribution in [2.45, 2.75) is 52.5 Å². The maximum Gasteiger partial charge on any atom is 0.338 e. The Kier molecular flexibility index (Phi) is 6.69. The van der Waals surface area contributed by atoms with Crippen molar-refractivity contribution in [3.63, 3.8) is 0 Å². The number of hydrogen-bond donors (Lipinski definition) is 1. The first kappa shape index (κ1) is 22.2. The Bertz CT molecular complexity index is 1210. The normalized spacial score (nSPS) is 15.4. The van der Waals surface area contributed by atoms with Crippen molar-refractivity contribution in [3.05, 3.63) is 57.0 Å². The minimum Gasteiger partial charge on any atom is -0.462 e. The van der Waals surface area contributed by atoms with E-state index in [1.54, 1.807) is 35.6 Å². The summed E-state index contributed by atoms with van der Waals surface area (Å²) in [6.07, 6.45) is 6.11. The molecule has 2 heterocycles. The van der Waals surface area contributed by atoms with Gasteiger partial charge in [0.05, 0.1) is 23.9 Å². The van der Waals surface area contributed by atoms with E-state index in [4.69, 9.17) is 4.74 Å². The molecule has 0 saturated carbocycles. The lowest BCUT2D eigenvalue weighted by molar-refractivity contribution is -0.116. The van der Waals surface area contributed by atoms with Crippen LogP contribution in [-0.2, 0) is 28.9 Å². The molecule has 1 aliphatic carbocycles. The molecular formula is C24H27N3O4S. The van der Waals surface area contributed by atoms with Gasteiger partial charge in [0.25, 0.3) is 5.56 Å². The van der Waals surface area contributed by atoms with Crippen LogP contribution in [0.2, 0.25) is 0 Å². The van der Waals surface area contributed by atoms with E-state index >= 15 is 0 Å². The fraction of sp³-hybridized carbons (Fsp3) is 0.417. The number of aryl methyl sites for hydroxylation is 1. The van der Waals surface area contributed by atoms with Crippen LogP contribution in [0.25, 0.3) is 10.2 Å². The smallest absolute Gasteiger partial charge is 0.338 e. The summed E-state index contributed by atoms with van der Waals surface area (Å²) in [6, 6.07) is 6.60. The Morgan fingerprint density at radius 3 is 3.00 bits per heavy atom. The molecule has 0 saturated heterocycles. The summed E-state index contributed by atoms with van der Waals surface area (Å²) in [5, 5.41) is 3.42. The van der Waals surface area contributed by atoms with E-state index in [1.165, 1.54) is 15.8 Å². The Labute approximate surface area is 190 Å². The third kappa shape index (κ3) is 4.75. The van der Waals surface area contributed by atoms with Gasteiger partial charge in [0, 0.05) is 10.6 Å². The quantitative estimate of drug-likeness (QED) is 0.428. The van der Waals surface area contributed by atoms with Crippen LogP contribution < -0.4 is 10.9 Å². The van der Waals surface area contributed by atoms with Gasteiger partial charge in [-0.3, -0.25) is 14.2 Å². The highest BCUT2D eigenvalue weighted by molar-refractivity contribution is 7.18. The summed E-state index contributed by atoms with van der Waals surface area (Å²) in [5.74, 6) is -0.164. The van der Waals surface area contributed by atoms with Gasteiger partial charge < -0.3 is 10.1 Å². The number of rotatable bonds is 7. The number of nitrogens with zero attached hydrogens (tertiary/aromatic N) is 2. The van der Waals surface area contributed by atoms with Gasteiger partial charge in [0.2, 0.25) is 5.91 Å². The molecule has 1 unspecified atom stereocenters. The lowest BCUT2D eigenvalue weighted by Crippen LogP contribution is -2.28. The molecule has 4 rings (SSSR count). The van der Waals surface area contributed by atoms with E-state index in [1.807, 2.05) is 6.92 Å². The number of unbranched alkanes of at least 4 members (excludes halogenated alkanes) is 1. The van der Waals surface area contributed by atoms with Crippen molar-refractivity contribution in [2.24, 2.45) is 5.92 Å². The van der Waals surface area contributed by atoms with Gasteiger partial charge in [-0.05, 0) is 55.4 Å². The number of fused-ring (bicyclic) bond motifs is 3. The molecule has 2 aromatic heterocycles. The molecule has 0 fully saturated rings. The number of ether oxygens (including phenoxy) is 1. The number of carbonyl (C=O) groups is 2. The predicted octanol–water partition coefficient (Wildman–Crippen LogP) is 4.18. The van der Waals surface area contributed by atoms with Crippen molar-refractivity contribution in [1.29, 1.82) is 0 Å². The minimum atomic E-state index is -0.419. The second-order valence-electron chi connectivity index (χ2n) is 8.33. The van der Waals surface area contributed by atoms with E-state index in [0.717, 1.165) is 42.5 Å². The number of esters is 1. The molecule has 32 heavy (non-hydrogen) atoms. The molecule has 3 aromatic rings.